The van der Waals surface area contributed by atoms with E-state index < -0.39 is 22.9 Å². The summed E-state index contributed by atoms with van der Waals surface area (Å²) in [5.74, 6) is 0.213. The lowest BCUT2D eigenvalue weighted by molar-refractivity contribution is -0.137. The maximum atomic E-state index is 13.0. The van der Waals surface area contributed by atoms with Crippen molar-refractivity contribution in [3.05, 3.63) is 100 Å². The Morgan fingerprint density at radius 2 is 1.69 bits per heavy atom. The Hall–Kier alpha value is -4.12. The number of amides is 3. The van der Waals surface area contributed by atoms with Crippen LogP contribution in [0.4, 0.5) is 23.8 Å². The Labute approximate surface area is 226 Å². The number of benzene rings is 2. The van der Waals surface area contributed by atoms with Crippen LogP contribution in [0.1, 0.15) is 27.0 Å². The second kappa shape index (κ2) is 10.9. The van der Waals surface area contributed by atoms with Crippen LogP contribution >= 0.6 is 11.8 Å². The molecule has 2 saturated heterocycles. The van der Waals surface area contributed by atoms with Gasteiger partial charge in [0, 0.05) is 37.9 Å². The monoisotopic (exact) mass is 552 g/mol. The molecule has 11 heteroatoms. The minimum Gasteiger partial charge on any atom is -0.353 e. The summed E-state index contributed by atoms with van der Waals surface area (Å²) < 4.78 is 39.0. The quantitative estimate of drug-likeness (QED) is 0.400. The van der Waals surface area contributed by atoms with Gasteiger partial charge in [0.25, 0.3) is 17.1 Å². The molecule has 2 aliphatic heterocycles. The number of nitrogens with zero attached hydrogens (tertiary/aromatic N) is 4. The molecule has 200 valence electrons. The number of pyridine rings is 1. The summed E-state index contributed by atoms with van der Waals surface area (Å²) >= 11 is 0.729. The highest BCUT2D eigenvalue weighted by Gasteiger charge is 2.36. The fourth-order valence-corrected chi connectivity index (χ4v) is 5.24. The number of hydrogen-bond donors (Lipinski definition) is 0. The summed E-state index contributed by atoms with van der Waals surface area (Å²) in [6.07, 6.45) is -1.24. The molecule has 0 unspecified atom stereocenters. The van der Waals surface area contributed by atoms with E-state index in [-0.39, 0.29) is 22.9 Å². The fraction of sp³-hybridized carbons (Fsp3) is 0.214. The molecule has 0 N–H and O–H groups in total. The molecule has 5 rings (SSSR count). The van der Waals surface area contributed by atoms with Crippen molar-refractivity contribution in [3.8, 4) is 0 Å². The van der Waals surface area contributed by atoms with Gasteiger partial charge >= 0.3 is 6.18 Å². The van der Waals surface area contributed by atoms with Gasteiger partial charge in [0.2, 0.25) is 0 Å². The molecule has 3 amide bonds. The van der Waals surface area contributed by atoms with Crippen LogP contribution in [0, 0.1) is 0 Å². The van der Waals surface area contributed by atoms with Crippen molar-refractivity contribution >= 4 is 40.7 Å². The predicted octanol–water partition coefficient (Wildman–Crippen LogP) is 5.30. The molecule has 0 atom stereocenters. The third-order valence-corrected chi connectivity index (χ3v) is 7.37. The Morgan fingerprint density at radius 1 is 0.949 bits per heavy atom. The highest BCUT2D eigenvalue weighted by molar-refractivity contribution is 8.18. The van der Waals surface area contributed by atoms with E-state index in [1.54, 1.807) is 35.4 Å². The maximum Gasteiger partial charge on any atom is 0.416 e. The van der Waals surface area contributed by atoms with E-state index in [0.717, 1.165) is 34.6 Å². The van der Waals surface area contributed by atoms with E-state index in [4.69, 9.17) is 0 Å². The van der Waals surface area contributed by atoms with Gasteiger partial charge in [-0.25, -0.2) is 4.98 Å². The normalized spacial score (nSPS) is 17.3. The molecule has 39 heavy (non-hydrogen) atoms. The minimum absolute atomic E-state index is 0.0939. The fourth-order valence-electron chi connectivity index (χ4n) is 4.40. The van der Waals surface area contributed by atoms with Gasteiger partial charge in [0.05, 0.1) is 17.0 Å². The summed E-state index contributed by atoms with van der Waals surface area (Å²) in [5.41, 5.74) is 0.497. The molecular formula is C28H23F3N4O3S. The zero-order valence-corrected chi connectivity index (χ0v) is 21.4. The molecule has 0 radical (unpaired) electrons. The van der Waals surface area contributed by atoms with E-state index in [0.29, 0.717) is 37.3 Å². The van der Waals surface area contributed by atoms with E-state index in [1.807, 2.05) is 18.2 Å². The molecule has 7 nitrogen and oxygen atoms in total. The van der Waals surface area contributed by atoms with Crippen molar-refractivity contribution in [2.24, 2.45) is 0 Å². The molecule has 0 saturated carbocycles. The zero-order valence-electron chi connectivity index (χ0n) is 20.6. The highest BCUT2D eigenvalue weighted by atomic mass is 32.2. The number of anilines is 1. The first kappa shape index (κ1) is 26.5. The van der Waals surface area contributed by atoms with E-state index in [9.17, 15) is 27.6 Å². The van der Waals surface area contributed by atoms with Gasteiger partial charge in [-0.3, -0.25) is 19.3 Å². The molecule has 2 aliphatic rings. The highest BCUT2D eigenvalue weighted by Crippen LogP contribution is 2.34. The summed E-state index contributed by atoms with van der Waals surface area (Å²) in [5, 5.41) is -0.555. The first-order valence-electron chi connectivity index (χ1n) is 12.2. The van der Waals surface area contributed by atoms with Crippen LogP contribution in [-0.4, -0.2) is 58.0 Å². The van der Waals surface area contributed by atoms with Gasteiger partial charge in [-0.1, -0.05) is 30.3 Å². The second-order valence-electron chi connectivity index (χ2n) is 9.06. The Bertz CT molecular complexity index is 1420. The van der Waals surface area contributed by atoms with Crippen LogP contribution in [0.25, 0.3) is 6.08 Å². The third kappa shape index (κ3) is 5.98. The van der Waals surface area contributed by atoms with E-state index >= 15 is 0 Å². The number of imide groups is 1. The van der Waals surface area contributed by atoms with Crippen molar-refractivity contribution in [1.82, 2.24) is 14.8 Å². The smallest absolute Gasteiger partial charge is 0.353 e. The first-order chi connectivity index (χ1) is 18.7. The van der Waals surface area contributed by atoms with E-state index in [2.05, 4.69) is 9.88 Å². The van der Waals surface area contributed by atoms with Gasteiger partial charge in [-0.05, 0) is 65.4 Å². The number of aromatic nitrogens is 1. The Kier molecular flexibility index (Phi) is 7.42. The third-order valence-electron chi connectivity index (χ3n) is 6.46. The largest absolute Gasteiger partial charge is 0.416 e. The van der Waals surface area contributed by atoms with Crippen LogP contribution in [0.5, 0.6) is 0 Å². The SMILES string of the molecule is O=C(c1ccc(/C=C2\SC(=O)N(Cc3cccc(C(F)(F)F)c3)C2=O)cc1)N1CCN(c2ccccn2)CC1. The van der Waals surface area contributed by atoms with Crippen molar-refractivity contribution in [3.63, 3.8) is 0 Å². The summed E-state index contributed by atoms with van der Waals surface area (Å²) in [6.45, 7) is 2.23. The van der Waals surface area contributed by atoms with Gasteiger partial charge < -0.3 is 9.80 Å². The number of carbonyl (C=O) groups excluding carboxylic acids is 3. The van der Waals surface area contributed by atoms with Gasteiger partial charge in [0.15, 0.2) is 0 Å². The van der Waals surface area contributed by atoms with Gasteiger partial charge in [-0.2, -0.15) is 13.2 Å². The maximum absolute atomic E-state index is 13.0. The number of alkyl halides is 3. The Balaban J connectivity index is 1.21. The van der Waals surface area contributed by atoms with Gasteiger partial charge in [-0.15, -0.1) is 0 Å². The minimum atomic E-state index is -4.52. The molecule has 1 aromatic heterocycles. The Morgan fingerprint density at radius 3 is 2.36 bits per heavy atom. The number of piperazine rings is 1. The second-order valence-corrected chi connectivity index (χ2v) is 10.0. The standard InChI is InChI=1S/C28H23F3N4O3S/c29-28(30,31)22-5-3-4-20(16-22)18-35-26(37)23(39-27(35)38)17-19-7-9-21(10-8-19)25(36)34-14-12-33(13-15-34)24-6-1-2-11-32-24/h1-11,16-17H,12-15,18H2/b23-17-. The lowest BCUT2D eigenvalue weighted by atomic mass is 10.1. The van der Waals surface area contributed by atoms with Crippen LogP contribution in [0.3, 0.4) is 0 Å². The molecule has 3 aromatic rings. The summed E-state index contributed by atoms with van der Waals surface area (Å²) in [7, 11) is 0. The number of halogens is 3. The van der Waals surface area contributed by atoms with E-state index in [1.165, 1.54) is 18.2 Å². The summed E-state index contributed by atoms with van der Waals surface area (Å²) in [6, 6.07) is 17.0. The average Bonchev–Trinajstić information content (AvgIpc) is 3.20. The van der Waals surface area contributed by atoms with Crippen LogP contribution in [0.15, 0.2) is 77.8 Å². The first-order valence-corrected chi connectivity index (χ1v) is 13.0. The van der Waals surface area contributed by atoms with Crippen molar-refractivity contribution < 1.29 is 27.6 Å². The topological polar surface area (TPSA) is 73.8 Å². The molecule has 2 aromatic carbocycles. The summed E-state index contributed by atoms with van der Waals surface area (Å²) in [4.78, 5) is 47.6. The predicted molar refractivity (Wildman–Crippen MR) is 142 cm³/mol. The van der Waals surface area contributed by atoms with Crippen molar-refractivity contribution in [2.75, 3.05) is 31.1 Å². The molecule has 3 heterocycles. The van der Waals surface area contributed by atoms with Crippen LogP contribution in [-0.2, 0) is 17.5 Å². The molecular weight excluding hydrogens is 529 g/mol. The van der Waals surface area contributed by atoms with Crippen LogP contribution < -0.4 is 4.90 Å². The lowest BCUT2D eigenvalue weighted by Gasteiger charge is -2.35. The van der Waals surface area contributed by atoms with Crippen LogP contribution in [0.2, 0.25) is 0 Å². The van der Waals surface area contributed by atoms with Crippen molar-refractivity contribution in [2.45, 2.75) is 12.7 Å². The zero-order chi connectivity index (χ0) is 27.6. The average molecular weight is 553 g/mol. The number of carbonyl (C=O) groups is 3. The molecule has 0 spiro atoms. The molecule has 0 aliphatic carbocycles. The number of thioether (sulfide) groups is 1. The lowest BCUT2D eigenvalue weighted by Crippen LogP contribution is -2.49. The van der Waals surface area contributed by atoms with Crippen molar-refractivity contribution in [1.29, 1.82) is 0 Å². The van der Waals surface area contributed by atoms with Gasteiger partial charge in [0.1, 0.15) is 5.82 Å². The molecule has 2 fully saturated rings. The molecule has 0 bridgehead atoms. The number of hydrogen-bond acceptors (Lipinski definition) is 6. The number of rotatable bonds is 5.